The number of nitrogens with zero attached hydrogens (tertiary/aromatic N) is 2. The maximum absolute atomic E-state index is 12.6. The molecule has 0 aliphatic carbocycles. The second-order valence-corrected chi connectivity index (χ2v) is 18.0. The summed E-state index contributed by atoms with van der Waals surface area (Å²) in [7, 11) is -3.70. The summed E-state index contributed by atoms with van der Waals surface area (Å²) in [6.07, 6.45) is 1.57. The molecule has 0 bridgehead atoms. The van der Waals surface area contributed by atoms with Gasteiger partial charge in [-0.3, -0.25) is 0 Å². The number of halogens is 1. The number of rotatable bonds is 2. The molecule has 0 saturated heterocycles. The normalized spacial score (nSPS) is 11.4. The van der Waals surface area contributed by atoms with Gasteiger partial charge in [-0.25, -0.2) is 0 Å². The van der Waals surface area contributed by atoms with E-state index in [0.717, 1.165) is 35.6 Å². The molecule has 0 unspecified atom stereocenters. The van der Waals surface area contributed by atoms with E-state index in [2.05, 4.69) is 19.9 Å². The minimum absolute atomic E-state index is 0.204. The molecule has 0 saturated carbocycles. The summed E-state index contributed by atoms with van der Waals surface area (Å²) in [6.45, 7) is 0. The molecular weight excluding hydrogens is 557 g/mol. The van der Waals surface area contributed by atoms with Crippen molar-refractivity contribution in [2.45, 2.75) is 19.7 Å². The van der Waals surface area contributed by atoms with Gasteiger partial charge in [0.2, 0.25) is 0 Å². The molecule has 3 rings (SSSR count). The fourth-order valence-corrected chi connectivity index (χ4v) is 4.70. The standard InChI is InChI=1S/C13H8ClN2O2S.3CH3.2Sn/c14-11-7-6-10-9-15-16(13(10)8-11)19(17,18)12-4-2-1-3-5-12;;;;;/h1-5,7-9H;3*1H3;;. The Hall–Kier alpha value is -0.253. The van der Waals surface area contributed by atoms with Gasteiger partial charge in [0.25, 0.3) is 0 Å². The van der Waals surface area contributed by atoms with E-state index in [-0.39, 0.29) is 4.90 Å². The second-order valence-electron chi connectivity index (χ2n) is 5.69. The van der Waals surface area contributed by atoms with Crippen molar-refractivity contribution in [2.75, 3.05) is 0 Å². The zero-order chi connectivity index (χ0) is 17.9. The number of benzene rings is 2. The number of hydrogen-bond donors (Lipinski definition) is 0. The van der Waals surface area contributed by atoms with Crippen LogP contribution < -0.4 is 3.58 Å². The van der Waals surface area contributed by atoms with E-state index in [0.29, 0.717) is 10.5 Å². The first-order valence-corrected chi connectivity index (χ1v) is 19.0. The van der Waals surface area contributed by atoms with E-state index >= 15 is 0 Å². The molecule has 4 radical (unpaired) electrons. The predicted octanol–water partition coefficient (Wildman–Crippen LogP) is 3.09. The van der Waals surface area contributed by atoms with Gasteiger partial charge in [0, 0.05) is 0 Å². The van der Waals surface area contributed by atoms with Gasteiger partial charge in [-0.15, -0.1) is 0 Å². The summed E-state index contributed by atoms with van der Waals surface area (Å²) < 4.78 is 27.2. The topological polar surface area (TPSA) is 52.0 Å². The zero-order valence-electron chi connectivity index (χ0n) is 13.6. The van der Waals surface area contributed by atoms with Crippen molar-refractivity contribution in [1.82, 2.24) is 9.19 Å². The Morgan fingerprint density at radius 3 is 2.29 bits per heavy atom. The average molecular weight is 574 g/mol. The van der Waals surface area contributed by atoms with Crippen LogP contribution in [0.4, 0.5) is 0 Å². The molecule has 0 fully saturated rings. The Morgan fingerprint density at radius 2 is 1.71 bits per heavy atom. The van der Waals surface area contributed by atoms with Gasteiger partial charge < -0.3 is 0 Å². The van der Waals surface area contributed by atoms with Crippen LogP contribution in [-0.2, 0) is 10.0 Å². The summed E-state index contributed by atoms with van der Waals surface area (Å²) in [5.74, 6) is 0. The van der Waals surface area contributed by atoms with Crippen LogP contribution in [0.3, 0.4) is 0 Å². The van der Waals surface area contributed by atoms with Gasteiger partial charge in [-0.1, -0.05) is 0 Å². The van der Waals surface area contributed by atoms with Crippen molar-refractivity contribution in [3.05, 3.63) is 53.7 Å². The quantitative estimate of drug-likeness (QED) is 0.443. The van der Waals surface area contributed by atoms with Crippen molar-refractivity contribution in [3.8, 4) is 0 Å². The molecule has 4 nitrogen and oxygen atoms in total. The van der Waals surface area contributed by atoms with Gasteiger partial charge in [-0.05, 0) is 0 Å². The average Bonchev–Trinajstić information content (AvgIpc) is 2.92. The molecule has 0 atom stereocenters. The monoisotopic (exact) mass is 576 g/mol. The van der Waals surface area contributed by atoms with Crippen molar-refractivity contribution < 1.29 is 8.42 Å². The van der Waals surface area contributed by atoms with Crippen LogP contribution in [0.25, 0.3) is 10.9 Å². The van der Waals surface area contributed by atoms with Crippen LogP contribution in [0, 0.1) is 0 Å². The van der Waals surface area contributed by atoms with Crippen molar-refractivity contribution in [1.29, 1.82) is 0 Å². The van der Waals surface area contributed by atoms with E-state index in [4.69, 9.17) is 11.6 Å². The Kier molecular flexibility index (Phi) is 7.04. The first kappa shape index (κ1) is 20.1. The summed E-state index contributed by atoms with van der Waals surface area (Å²) in [6, 6.07) is 11.7. The molecular formula is C16H17ClN2O2SSn2. The van der Waals surface area contributed by atoms with Crippen molar-refractivity contribution >= 4 is 78.4 Å². The number of aromatic nitrogens is 2. The molecule has 0 aliphatic heterocycles. The first-order valence-electron chi connectivity index (χ1n) is 7.19. The third-order valence-corrected chi connectivity index (χ3v) is 5.90. The third-order valence-electron chi connectivity index (χ3n) is 2.89. The molecule has 1 aromatic heterocycles. The van der Waals surface area contributed by atoms with Crippen molar-refractivity contribution in [2.24, 2.45) is 0 Å². The predicted molar refractivity (Wildman–Crippen MR) is 103 cm³/mol. The SMILES string of the molecule is O=S(=O)(c1ccccc1)n1ncc2[c]([Sn])cc(Cl)cc21.[CH3][Sn]([CH3])[CH3]. The Morgan fingerprint density at radius 1 is 1.12 bits per heavy atom. The molecule has 1 heterocycles. The first-order chi connectivity index (χ1) is 11.2. The summed E-state index contributed by atoms with van der Waals surface area (Å²) in [5, 5.41) is 5.35. The molecule has 2 aromatic carbocycles. The van der Waals surface area contributed by atoms with Gasteiger partial charge in [0.05, 0.1) is 0 Å². The van der Waals surface area contributed by atoms with Crippen LogP contribution in [0.1, 0.15) is 0 Å². The number of fused-ring (bicyclic) bond motifs is 1. The van der Waals surface area contributed by atoms with Crippen LogP contribution in [-0.4, -0.2) is 59.9 Å². The minimum atomic E-state index is -3.70. The molecule has 8 heteroatoms. The molecule has 0 N–H and O–H groups in total. The van der Waals surface area contributed by atoms with E-state index in [1.807, 2.05) is 6.07 Å². The van der Waals surface area contributed by atoms with E-state index in [1.165, 1.54) is 0 Å². The van der Waals surface area contributed by atoms with Gasteiger partial charge in [-0.2, -0.15) is 0 Å². The van der Waals surface area contributed by atoms with Crippen LogP contribution in [0.15, 0.2) is 53.6 Å². The summed E-state index contributed by atoms with van der Waals surface area (Å²) >= 11 is 6.64. The Balaban J connectivity index is 0.000000471. The van der Waals surface area contributed by atoms with Crippen molar-refractivity contribution in [3.63, 3.8) is 0 Å². The molecule has 3 aromatic rings. The molecule has 24 heavy (non-hydrogen) atoms. The zero-order valence-corrected chi connectivity index (χ0v) is 20.9. The van der Waals surface area contributed by atoms with Gasteiger partial charge in [0.15, 0.2) is 0 Å². The number of hydrogen-bond acceptors (Lipinski definition) is 3. The van der Waals surface area contributed by atoms with Gasteiger partial charge in [0.1, 0.15) is 0 Å². The summed E-state index contributed by atoms with van der Waals surface area (Å²) in [5.41, 5.74) is 0.508. The molecule has 0 amide bonds. The third kappa shape index (κ3) is 4.68. The second kappa shape index (κ2) is 8.42. The summed E-state index contributed by atoms with van der Waals surface area (Å²) in [4.78, 5) is 7.29. The van der Waals surface area contributed by atoms with E-state index in [9.17, 15) is 8.42 Å². The molecule has 0 aliphatic rings. The Bertz CT molecular complexity index is 939. The fraction of sp³-hybridized carbons (Fsp3) is 0.188. The molecule has 124 valence electrons. The van der Waals surface area contributed by atoms with E-state index < -0.39 is 29.8 Å². The van der Waals surface area contributed by atoms with Gasteiger partial charge >= 0.3 is 169 Å². The van der Waals surface area contributed by atoms with Crippen LogP contribution in [0.2, 0.25) is 19.8 Å². The van der Waals surface area contributed by atoms with Crippen LogP contribution >= 0.6 is 11.6 Å². The fourth-order valence-electron chi connectivity index (χ4n) is 1.95. The van der Waals surface area contributed by atoms with E-state index in [1.54, 1.807) is 42.6 Å². The van der Waals surface area contributed by atoms with Crippen LogP contribution in [0.5, 0.6) is 0 Å². The molecule has 0 spiro atoms. The Labute approximate surface area is 168 Å². The maximum atomic E-state index is 12.6.